The van der Waals surface area contributed by atoms with Crippen LogP contribution in [0.1, 0.15) is 66.6 Å². The van der Waals surface area contributed by atoms with Crippen LogP contribution in [0.4, 0.5) is 0 Å². The van der Waals surface area contributed by atoms with Gasteiger partial charge in [0.2, 0.25) is 5.89 Å². The van der Waals surface area contributed by atoms with Crippen molar-refractivity contribution in [2.75, 3.05) is 13.7 Å². The standard InChI is InChI=1S/C18H33N5O2/c1-9-19-15(21-12-10-18(7,24-8)17(12,5)6)20-11-13-22-14(25-23-13)16(2,3)4/h12H,9-11H2,1-8H3,(H2,19,20,21). The second kappa shape index (κ2) is 6.94. The van der Waals surface area contributed by atoms with Crippen LogP contribution in [-0.4, -0.2) is 41.4 Å². The molecule has 142 valence electrons. The molecule has 2 unspecified atom stereocenters. The van der Waals surface area contributed by atoms with Crippen LogP contribution in [0, 0.1) is 5.41 Å². The van der Waals surface area contributed by atoms with Crippen LogP contribution in [0.15, 0.2) is 9.52 Å². The molecule has 0 aromatic carbocycles. The largest absolute Gasteiger partial charge is 0.378 e. The fraction of sp³-hybridized carbons (Fsp3) is 0.833. The first kappa shape index (κ1) is 19.7. The lowest BCUT2D eigenvalue weighted by Gasteiger charge is -2.59. The van der Waals surface area contributed by atoms with Gasteiger partial charge >= 0.3 is 0 Å². The Labute approximate surface area is 151 Å². The van der Waals surface area contributed by atoms with Gasteiger partial charge in [0.1, 0.15) is 6.54 Å². The third-order valence-electron chi connectivity index (χ3n) is 5.42. The van der Waals surface area contributed by atoms with Gasteiger partial charge in [-0.3, -0.25) is 0 Å². The van der Waals surface area contributed by atoms with Crippen LogP contribution in [0.25, 0.3) is 0 Å². The van der Waals surface area contributed by atoms with Crippen LogP contribution in [0.2, 0.25) is 0 Å². The third-order valence-corrected chi connectivity index (χ3v) is 5.42. The van der Waals surface area contributed by atoms with Crippen molar-refractivity contribution in [3.05, 3.63) is 11.7 Å². The van der Waals surface area contributed by atoms with Crippen molar-refractivity contribution in [1.82, 2.24) is 20.8 Å². The average molecular weight is 351 g/mol. The third kappa shape index (κ3) is 3.97. The van der Waals surface area contributed by atoms with E-state index in [0.29, 0.717) is 24.3 Å². The number of rotatable bonds is 5. The molecule has 0 saturated heterocycles. The van der Waals surface area contributed by atoms with Crippen LogP contribution in [0.3, 0.4) is 0 Å². The lowest BCUT2D eigenvalue weighted by atomic mass is 9.56. The van der Waals surface area contributed by atoms with Gasteiger partial charge in [-0.2, -0.15) is 4.98 Å². The summed E-state index contributed by atoms with van der Waals surface area (Å²) in [5.74, 6) is 1.99. The molecule has 2 atom stereocenters. The van der Waals surface area contributed by atoms with Gasteiger partial charge in [-0.25, -0.2) is 4.99 Å². The Kier molecular flexibility index (Phi) is 5.47. The van der Waals surface area contributed by atoms with E-state index in [1.165, 1.54) is 0 Å². The molecule has 1 heterocycles. The number of methoxy groups -OCH3 is 1. The number of hydrogen-bond donors (Lipinski definition) is 2. The second-order valence-electron chi connectivity index (χ2n) is 8.52. The molecule has 1 aromatic heterocycles. The molecule has 2 rings (SSSR count). The molecule has 0 spiro atoms. The molecule has 1 aliphatic carbocycles. The summed E-state index contributed by atoms with van der Waals surface area (Å²) in [6.07, 6.45) is 0.942. The summed E-state index contributed by atoms with van der Waals surface area (Å²) in [5, 5.41) is 10.8. The minimum absolute atomic E-state index is 0.0173. The Morgan fingerprint density at radius 1 is 1.36 bits per heavy atom. The predicted molar refractivity (Wildman–Crippen MR) is 98.5 cm³/mol. The van der Waals surface area contributed by atoms with Gasteiger partial charge in [0.25, 0.3) is 0 Å². The van der Waals surface area contributed by atoms with Crippen LogP contribution >= 0.6 is 0 Å². The van der Waals surface area contributed by atoms with E-state index in [1.54, 1.807) is 7.11 Å². The summed E-state index contributed by atoms with van der Waals surface area (Å²) in [6, 6.07) is 0.297. The van der Waals surface area contributed by atoms with E-state index >= 15 is 0 Å². The molecule has 0 radical (unpaired) electrons. The molecule has 1 aromatic rings. The van der Waals surface area contributed by atoms with Crippen LogP contribution in [0.5, 0.6) is 0 Å². The van der Waals surface area contributed by atoms with Crippen LogP contribution < -0.4 is 10.6 Å². The fourth-order valence-electron chi connectivity index (χ4n) is 2.98. The highest BCUT2D eigenvalue weighted by Gasteiger charge is 2.58. The van der Waals surface area contributed by atoms with E-state index in [9.17, 15) is 0 Å². The van der Waals surface area contributed by atoms with Crippen molar-refractivity contribution < 1.29 is 9.26 Å². The molecule has 25 heavy (non-hydrogen) atoms. The minimum atomic E-state index is -0.154. The second-order valence-corrected chi connectivity index (χ2v) is 8.52. The first-order valence-electron chi connectivity index (χ1n) is 8.96. The highest BCUT2D eigenvalue weighted by atomic mass is 16.5. The molecule has 0 amide bonds. The van der Waals surface area contributed by atoms with Crippen molar-refractivity contribution in [1.29, 1.82) is 0 Å². The number of guanidine groups is 1. The molecule has 7 nitrogen and oxygen atoms in total. The number of ether oxygens (including phenoxy) is 1. The first-order valence-corrected chi connectivity index (χ1v) is 8.96. The Bertz CT molecular complexity index is 617. The molecular weight excluding hydrogens is 318 g/mol. The topological polar surface area (TPSA) is 84.6 Å². The van der Waals surface area contributed by atoms with Gasteiger partial charge in [0.05, 0.1) is 5.60 Å². The smallest absolute Gasteiger partial charge is 0.232 e. The Hall–Kier alpha value is -1.63. The van der Waals surface area contributed by atoms with E-state index in [-0.39, 0.29) is 16.4 Å². The fourth-order valence-corrected chi connectivity index (χ4v) is 2.98. The summed E-state index contributed by atoms with van der Waals surface area (Å²) < 4.78 is 11.0. The molecule has 1 fully saturated rings. The van der Waals surface area contributed by atoms with Crippen molar-refractivity contribution in [3.63, 3.8) is 0 Å². The predicted octanol–water partition coefficient (Wildman–Crippen LogP) is 2.63. The number of aromatic nitrogens is 2. The van der Waals surface area contributed by atoms with Gasteiger partial charge in [0, 0.05) is 30.5 Å². The van der Waals surface area contributed by atoms with Gasteiger partial charge in [-0.05, 0) is 20.3 Å². The molecule has 1 aliphatic rings. The lowest BCUT2D eigenvalue weighted by molar-refractivity contribution is -0.176. The van der Waals surface area contributed by atoms with Crippen molar-refractivity contribution in [2.45, 2.75) is 78.5 Å². The lowest BCUT2D eigenvalue weighted by Crippen LogP contribution is -2.69. The minimum Gasteiger partial charge on any atom is -0.378 e. The highest BCUT2D eigenvalue weighted by molar-refractivity contribution is 5.80. The summed E-state index contributed by atoms with van der Waals surface area (Å²) in [4.78, 5) is 9.04. The zero-order chi connectivity index (χ0) is 18.9. The van der Waals surface area contributed by atoms with E-state index in [1.807, 2.05) is 20.8 Å². The first-order chi connectivity index (χ1) is 11.5. The Balaban J connectivity index is 2.03. The summed E-state index contributed by atoms with van der Waals surface area (Å²) >= 11 is 0. The van der Waals surface area contributed by atoms with Crippen molar-refractivity contribution in [2.24, 2.45) is 10.4 Å². The number of nitrogens with zero attached hydrogens (tertiary/aromatic N) is 3. The van der Waals surface area contributed by atoms with E-state index < -0.39 is 0 Å². The summed E-state index contributed by atoms with van der Waals surface area (Å²) in [7, 11) is 1.78. The molecule has 1 saturated carbocycles. The van der Waals surface area contributed by atoms with Gasteiger partial charge in [0.15, 0.2) is 11.8 Å². The summed E-state index contributed by atoms with van der Waals surface area (Å²) in [5.41, 5.74) is -0.251. The Morgan fingerprint density at radius 2 is 2.04 bits per heavy atom. The molecule has 0 aliphatic heterocycles. The quantitative estimate of drug-likeness (QED) is 0.627. The van der Waals surface area contributed by atoms with Crippen molar-refractivity contribution in [3.8, 4) is 0 Å². The van der Waals surface area contributed by atoms with E-state index in [2.05, 4.69) is 53.5 Å². The zero-order valence-electron chi connectivity index (χ0n) is 16.9. The summed E-state index contributed by atoms with van der Waals surface area (Å²) in [6.45, 7) is 16.0. The molecule has 2 N–H and O–H groups in total. The number of aliphatic imine (C=N–C) groups is 1. The van der Waals surface area contributed by atoms with Gasteiger partial charge in [-0.15, -0.1) is 0 Å². The maximum atomic E-state index is 5.69. The normalized spacial score (nSPS) is 26.2. The Morgan fingerprint density at radius 3 is 2.52 bits per heavy atom. The SMILES string of the molecule is CCNC(=NCc1noc(C(C)(C)C)n1)NC1CC(C)(OC)C1(C)C. The highest BCUT2D eigenvalue weighted by Crippen LogP contribution is 2.51. The maximum absolute atomic E-state index is 5.69. The average Bonchev–Trinajstić information content (AvgIpc) is 3.01. The van der Waals surface area contributed by atoms with E-state index in [4.69, 9.17) is 9.26 Å². The maximum Gasteiger partial charge on any atom is 0.232 e. The van der Waals surface area contributed by atoms with Gasteiger partial charge < -0.3 is 19.9 Å². The zero-order valence-corrected chi connectivity index (χ0v) is 16.9. The monoisotopic (exact) mass is 351 g/mol. The van der Waals surface area contributed by atoms with E-state index in [0.717, 1.165) is 18.9 Å². The van der Waals surface area contributed by atoms with Gasteiger partial charge in [-0.1, -0.05) is 39.8 Å². The molecule has 7 heteroatoms. The van der Waals surface area contributed by atoms with Crippen LogP contribution in [-0.2, 0) is 16.7 Å². The number of nitrogens with one attached hydrogen (secondary N) is 2. The molecular formula is C18H33N5O2. The van der Waals surface area contributed by atoms with Crippen molar-refractivity contribution >= 4 is 5.96 Å². The molecule has 0 bridgehead atoms. The number of hydrogen-bond acceptors (Lipinski definition) is 5.